The molecule has 1 atom stereocenters. The van der Waals surface area contributed by atoms with Crippen LogP contribution in [-0.2, 0) is 11.3 Å². The number of nitrogens with two attached hydrogens (primary N) is 1. The fourth-order valence-corrected chi connectivity index (χ4v) is 1.87. The first-order valence-electron chi connectivity index (χ1n) is 5.89. The van der Waals surface area contributed by atoms with Crippen LogP contribution in [0.3, 0.4) is 0 Å². The maximum atomic E-state index is 11.8. The number of rotatable bonds is 6. The molecular weight excluding hydrogens is 252 g/mol. The van der Waals surface area contributed by atoms with Crippen molar-refractivity contribution in [2.24, 2.45) is 11.7 Å². The van der Waals surface area contributed by atoms with Gasteiger partial charge in [0.1, 0.15) is 5.75 Å². The van der Waals surface area contributed by atoms with E-state index in [0.717, 1.165) is 5.56 Å². The second-order valence-corrected chi connectivity index (χ2v) is 4.52. The summed E-state index contributed by atoms with van der Waals surface area (Å²) in [5.74, 6) is 0.556. The van der Waals surface area contributed by atoms with Gasteiger partial charge in [0.05, 0.1) is 7.11 Å². The van der Waals surface area contributed by atoms with E-state index in [1.54, 1.807) is 13.2 Å². The number of ether oxygens (including phenoxy) is 1. The van der Waals surface area contributed by atoms with Crippen LogP contribution in [0.15, 0.2) is 18.2 Å². The van der Waals surface area contributed by atoms with Gasteiger partial charge in [-0.1, -0.05) is 24.6 Å². The van der Waals surface area contributed by atoms with E-state index in [-0.39, 0.29) is 11.8 Å². The number of nitrogens with one attached hydrogen (secondary N) is 1. The number of hydrogen-bond acceptors (Lipinski definition) is 3. The summed E-state index contributed by atoms with van der Waals surface area (Å²) in [6.45, 7) is 2.71. The van der Waals surface area contributed by atoms with Crippen molar-refractivity contribution in [1.82, 2.24) is 5.32 Å². The quantitative estimate of drug-likeness (QED) is 0.830. The lowest BCUT2D eigenvalue weighted by Gasteiger charge is -2.14. The van der Waals surface area contributed by atoms with Crippen molar-refractivity contribution in [3.63, 3.8) is 0 Å². The molecule has 1 aromatic carbocycles. The van der Waals surface area contributed by atoms with Gasteiger partial charge >= 0.3 is 0 Å². The van der Waals surface area contributed by atoms with Crippen LogP contribution < -0.4 is 15.8 Å². The van der Waals surface area contributed by atoms with Gasteiger partial charge in [-0.25, -0.2) is 0 Å². The van der Waals surface area contributed by atoms with Gasteiger partial charge in [-0.3, -0.25) is 4.79 Å². The molecule has 4 nitrogen and oxygen atoms in total. The molecule has 1 rings (SSSR count). The van der Waals surface area contributed by atoms with Gasteiger partial charge in [0.2, 0.25) is 5.91 Å². The normalized spacial score (nSPS) is 12.0. The first-order valence-corrected chi connectivity index (χ1v) is 6.27. The Morgan fingerprint density at radius 3 is 2.89 bits per heavy atom. The minimum Gasteiger partial charge on any atom is -0.496 e. The van der Waals surface area contributed by atoms with Gasteiger partial charge in [0.25, 0.3) is 0 Å². The summed E-state index contributed by atoms with van der Waals surface area (Å²) >= 11 is 6.08. The maximum Gasteiger partial charge on any atom is 0.223 e. The summed E-state index contributed by atoms with van der Waals surface area (Å²) in [5, 5.41) is 3.42. The lowest BCUT2D eigenvalue weighted by atomic mass is 10.1. The molecule has 0 radical (unpaired) electrons. The summed E-state index contributed by atoms with van der Waals surface area (Å²) in [5.41, 5.74) is 6.21. The Bertz CT molecular complexity index is 410. The second kappa shape index (κ2) is 7.24. The molecule has 5 heteroatoms. The van der Waals surface area contributed by atoms with E-state index < -0.39 is 0 Å². The largest absolute Gasteiger partial charge is 0.496 e. The third kappa shape index (κ3) is 3.89. The lowest BCUT2D eigenvalue weighted by molar-refractivity contribution is -0.124. The lowest BCUT2D eigenvalue weighted by Crippen LogP contribution is -2.30. The minimum absolute atomic E-state index is 0.0255. The smallest absolute Gasteiger partial charge is 0.223 e. The summed E-state index contributed by atoms with van der Waals surface area (Å²) in [6, 6.07) is 5.40. The standard InChI is InChI=1S/C13H19ClN2O2/c1-9(6-7-15)13(17)16-8-10-11(14)4-3-5-12(10)18-2/h3-5,9H,6-8,15H2,1-2H3,(H,16,17). The maximum absolute atomic E-state index is 11.8. The van der Waals surface area contributed by atoms with Crippen molar-refractivity contribution in [1.29, 1.82) is 0 Å². The zero-order valence-electron chi connectivity index (χ0n) is 10.7. The number of halogens is 1. The van der Waals surface area contributed by atoms with Gasteiger partial charge in [-0.15, -0.1) is 0 Å². The number of methoxy groups -OCH3 is 1. The zero-order chi connectivity index (χ0) is 13.5. The molecule has 0 aliphatic heterocycles. The number of benzene rings is 1. The van der Waals surface area contributed by atoms with Crippen molar-refractivity contribution >= 4 is 17.5 Å². The van der Waals surface area contributed by atoms with Crippen molar-refractivity contribution in [2.45, 2.75) is 19.9 Å². The topological polar surface area (TPSA) is 64.3 Å². The van der Waals surface area contributed by atoms with Crippen LogP contribution in [-0.4, -0.2) is 19.6 Å². The van der Waals surface area contributed by atoms with Crippen LogP contribution in [0.2, 0.25) is 5.02 Å². The molecule has 0 aliphatic rings. The molecule has 0 saturated carbocycles. The third-order valence-electron chi connectivity index (χ3n) is 2.78. The molecule has 100 valence electrons. The fourth-order valence-electron chi connectivity index (χ4n) is 1.63. The number of hydrogen-bond donors (Lipinski definition) is 2. The van der Waals surface area contributed by atoms with Gasteiger partial charge in [-0.05, 0) is 25.1 Å². The highest BCUT2D eigenvalue weighted by molar-refractivity contribution is 6.31. The average molecular weight is 271 g/mol. The molecule has 0 spiro atoms. The summed E-state index contributed by atoms with van der Waals surface area (Å²) < 4.78 is 5.21. The molecule has 18 heavy (non-hydrogen) atoms. The van der Waals surface area contributed by atoms with E-state index in [1.807, 2.05) is 19.1 Å². The van der Waals surface area contributed by atoms with Crippen molar-refractivity contribution < 1.29 is 9.53 Å². The molecule has 1 unspecified atom stereocenters. The van der Waals surface area contributed by atoms with Crippen molar-refractivity contribution in [2.75, 3.05) is 13.7 Å². The Morgan fingerprint density at radius 2 is 2.28 bits per heavy atom. The SMILES string of the molecule is COc1cccc(Cl)c1CNC(=O)C(C)CCN. The molecule has 0 fully saturated rings. The Kier molecular flexibility index (Phi) is 5.95. The molecule has 0 saturated heterocycles. The zero-order valence-corrected chi connectivity index (χ0v) is 11.5. The van der Waals surface area contributed by atoms with Gasteiger partial charge < -0.3 is 15.8 Å². The average Bonchev–Trinajstić information content (AvgIpc) is 2.36. The van der Waals surface area contributed by atoms with E-state index in [2.05, 4.69) is 5.32 Å². The molecule has 0 aliphatic carbocycles. The number of carbonyl (C=O) groups is 1. The molecule has 1 aromatic rings. The first kappa shape index (κ1) is 14.8. The second-order valence-electron chi connectivity index (χ2n) is 4.12. The van der Waals surface area contributed by atoms with E-state index >= 15 is 0 Å². The van der Waals surface area contributed by atoms with Crippen molar-refractivity contribution in [3.8, 4) is 5.75 Å². The van der Waals surface area contributed by atoms with Crippen LogP contribution in [0.1, 0.15) is 18.9 Å². The summed E-state index contributed by atoms with van der Waals surface area (Å²) in [7, 11) is 1.58. The Balaban J connectivity index is 2.66. The fraction of sp³-hybridized carbons (Fsp3) is 0.462. The Hall–Kier alpha value is -1.26. The molecule has 1 amide bonds. The minimum atomic E-state index is -0.0940. The van der Waals surface area contributed by atoms with E-state index in [1.165, 1.54) is 0 Å². The number of carbonyl (C=O) groups excluding carboxylic acids is 1. The molecule has 0 heterocycles. The van der Waals surface area contributed by atoms with Gasteiger partial charge in [0, 0.05) is 23.0 Å². The summed E-state index contributed by atoms with van der Waals surface area (Å²) in [4.78, 5) is 11.8. The third-order valence-corrected chi connectivity index (χ3v) is 3.14. The van der Waals surface area contributed by atoms with Crippen LogP contribution in [0.25, 0.3) is 0 Å². The summed E-state index contributed by atoms with van der Waals surface area (Å²) in [6.07, 6.45) is 0.672. The van der Waals surface area contributed by atoms with E-state index in [9.17, 15) is 4.79 Å². The van der Waals surface area contributed by atoms with Gasteiger partial charge in [0.15, 0.2) is 0 Å². The van der Waals surface area contributed by atoms with Crippen LogP contribution in [0, 0.1) is 5.92 Å². The van der Waals surface area contributed by atoms with Crippen LogP contribution in [0.4, 0.5) is 0 Å². The van der Waals surface area contributed by atoms with Gasteiger partial charge in [-0.2, -0.15) is 0 Å². The van der Waals surface area contributed by atoms with Crippen LogP contribution >= 0.6 is 11.6 Å². The molecule has 0 aromatic heterocycles. The highest BCUT2D eigenvalue weighted by Gasteiger charge is 2.13. The first-order chi connectivity index (χ1) is 8.60. The molecular formula is C13H19ClN2O2. The highest BCUT2D eigenvalue weighted by atomic mass is 35.5. The van der Waals surface area contributed by atoms with Crippen molar-refractivity contribution in [3.05, 3.63) is 28.8 Å². The molecule has 0 bridgehead atoms. The van der Waals surface area contributed by atoms with E-state index in [0.29, 0.717) is 30.3 Å². The Morgan fingerprint density at radius 1 is 1.56 bits per heavy atom. The van der Waals surface area contributed by atoms with E-state index in [4.69, 9.17) is 22.1 Å². The predicted octanol–water partition coefficient (Wildman–Crippen LogP) is 1.95. The number of amides is 1. The van der Waals surface area contributed by atoms with Crippen LogP contribution in [0.5, 0.6) is 5.75 Å². The highest BCUT2D eigenvalue weighted by Crippen LogP contribution is 2.25. The predicted molar refractivity (Wildman–Crippen MR) is 72.7 cm³/mol. The Labute approximate surface area is 112 Å². The monoisotopic (exact) mass is 270 g/mol. The molecule has 3 N–H and O–H groups in total.